The molecule has 2 nitrogen and oxygen atoms in total. The van der Waals surface area contributed by atoms with Crippen LogP contribution in [0.5, 0.6) is 0 Å². The Morgan fingerprint density at radius 2 is 1.80 bits per heavy atom. The summed E-state index contributed by atoms with van der Waals surface area (Å²) in [7, 11) is 0. The van der Waals surface area contributed by atoms with Crippen LogP contribution in [0.3, 0.4) is 0 Å². The van der Waals surface area contributed by atoms with Crippen LogP contribution in [-0.4, -0.2) is 25.3 Å². The van der Waals surface area contributed by atoms with Gasteiger partial charge >= 0.3 is 0 Å². The second kappa shape index (κ2) is 9.15. The molecule has 0 unspecified atom stereocenters. The summed E-state index contributed by atoms with van der Waals surface area (Å²) in [4.78, 5) is 0. The molecule has 0 fully saturated rings. The van der Waals surface area contributed by atoms with Crippen LogP contribution < -0.4 is 5.32 Å². The highest BCUT2D eigenvalue weighted by atomic mass is 16.5. The Balaban J connectivity index is 2.11. The zero-order chi connectivity index (χ0) is 14.8. The van der Waals surface area contributed by atoms with E-state index in [1.807, 2.05) is 0 Å². The van der Waals surface area contributed by atoms with E-state index in [0.717, 1.165) is 44.9 Å². The van der Waals surface area contributed by atoms with Gasteiger partial charge in [0.15, 0.2) is 0 Å². The van der Waals surface area contributed by atoms with E-state index in [0.29, 0.717) is 0 Å². The molecule has 0 atom stereocenters. The minimum absolute atomic E-state index is 0.164. The molecule has 114 valence electrons. The first-order valence-electron chi connectivity index (χ1n) is 7.86. The van der Waals surface area contributed by atoms with Gasteiger partial charge in [-0.15, -0.1) is 0 Å². The molecule has 1 aromatic rings. The van der Waals surface area contributed by atoms with Gasteiger partial charge in [0.05, 0.1) is 6.61 Å². The molecule has 20 heavy (non-hydrogen) atoms. The zero-order valence-corrected chi connectivity index (χ0v) is 13.6. The fourth-order valence-electron chi connectivity index (χ4n) is 2.07. The lowest BCUT2D eigenvalue weighted by Gasteiger charge is -2.26. The largest absolute Gasteiger partial charge is 0.380 e. The minimum atomic E-state index is 0.164. The summed E-state index contributed by atoms with van der Waals surface area (Å²) in [5.74, 6) is 0.727. The molecule has 0 bridgehead atoms. The summed E-state index contributed by atoms with van der Waals surface area (Å²) in [6.07, 6.45) is 3.41. The third kappa shape index (κ3) is 8.34. The number of hydrogen-bond donors (Lipinski definition) is 1. The Hall–Kier alpha value is -0.860. The molecule has 0 spiro atoms. The molecule has 1 rings (SSSR count). The van der Waals surface area contributed by atoms with Gasteiger partial charge in [-0.05, 0) is 44.6 Å². The molecule has 0 saturated carbocycles. The van der Waals surface area contributed by atoms with E-state index in [4.69, 9.17) is 4.74 Å². The SMILES string of the molecule is CC(C)CCOCCNC(C)(C)CCc1ccccc1. The maximum absolute atomic E-state index is 5.64. The van der Waals surface area contributed by atoms with Gasteiger partial charge in [-0.1, -0.05) is 44.2 Å². The number of aryl methyl sites for hydroxylation is 1. The highest BCUT2D eigenvalue weighted by Gasteiger charge is 2.16. The zero-order valence-electron chi connectivity index (χ0n) is 13.6. The fraction of sp³-hybridized carbons (Fsp3) is 0.667. The topological polar surface area (TPSA) is 21.3 Å². The van der Waals surface area contributed by atoms with E-state index in [1.54, 1.807) is 0 Å². The average molecular weight is 277 g/mol. The van der Waals surface area contributed by atoms with Gasteiger partial charge in [-0.25, -0.2) is 0 Å². The standard InChI is InChI=1S/C18H31NO/c1-16(2)11-14-20-15-13-19-18(3,4)12-10-17-8-6-5-7-9-17/h5-9,16,19H,10-15H2,1-4H3. The second-order valence-corrected chi connectivity index (χ2v) is 6.59. The maximum Gasteiger partial charge on any atom is 0.0591 e. The molecular formula is C18H31NO. The number of benzene rings is 1. The smallest absolute Gasteiger partial charge is 0.0591 e. The van der Waals surface area contributed by atoms with Crippen molar-refractivity contribution in [1.29, 1.82) is 0 Å². The van der Waals surface area contributed by atoms with Crippen LogP contribution in [0.15, 0.2) is 30.3 Å². The van der Waals surface area contributed by atoms with Crippen molar-refractivity contribution in [2.24, 2.45) is 5.92 Å². The summed E-state index contributed by atoms with van der Waals surface area (Å²) >= 11 is 0. The molecule has 0 aromatic heterocycles. The Morgan fingerprint density at radius 3 is 2.45 bits per heavy atom. The number of rotatable bonds is 10. The fourth-order valence-corrected chi connectivity index (χ4v) is 2.07. The van der Waals surface area contributed by atoms with Crippen LogP contribution in [0.25, 0.3) is 0 Å². The molecule has 0 saturated heterocycles. The lowest BCUT2D eigenvalue weighted by Crippen LogP contribution is -2.41. The maximum atomic E-state index is 5.64. The summed E-state index contributed by atoms with van der Waals surface area (Å²) < 4.78 is 5.64. The van der Waals surface area contributed by atoms with Crippen molar-refractivity contribution in [1.82, 2.24) is 5.32 Å². The first-order valence-corrected chi connectivity index (χ1v) is 7.86. The normalized spacial score (nSPS) is 12.1. The van der Waals surface area contributed by atoms with E-state index < -0.39 is 0 Å². The average Bonchev–Trinajstić information content (AvgIpc) is 2.41. The quantitative estimate of drug-likeness (QED) is 0.651. The number of nitrogens with one attached hydrogen (secondary N) is 1. The van der Waals surface area contributed by atoms with Crippen LogP contribution in [-0.2, 0) is 11.2 Å². The van der Waals surface area contributed by atoms with E-state index in [-0.39, 0.29) is 5.54 Å². The lowest BCUT2D eigenvalue weighted by atomic mass is 9.95. The van der Waals surface area contributed by atoms with Gasteiger partial charge < -0.3 is 10.1 Å². The number of hydrogen-bond acceptors (Lipinski definition) is 2. The van der Waals surface area contributed by atoms with E-state index >= 15 is 0 Å². The summed E-state index contributed by atoms with van der Waals surface area (Å²) in [6.45, 7) is 11.6. The molecule has 1 aromatic carbocycles. The third-order valence-electron chi connectivity index (χ3n) is 3.57. The molecule has 0 aliphatic rings. The highest BCUT2D eigenvalue weighted by Crippen LogP contribution is 2.13. The van der Waals surface area contributed by atoms with Crippen LogP contribution in [0, 0.1) is 5.92 Å². The van der Waals surface area contributed by atoms with Crippen molar-refractivity contribution in [3.8, 4) is 0 Å². The van der Waals surface area contributed by atoms with Gasteiger partial charge in [-0.3, -0.25) is 0 Å². The molecular weight excluding hydrogens is 246 g/mol. The van der Waals surface area contributed by atoms with Crippen molar-refractivity contribution in [2.75, 3.05) is 19.8 Å². The highest BCUT2D eigenvalue weighted by molar-refractivity contribution is 5.15. The van der Waals surface area contributed by atoms with Gasteiger partial charge in [-0.2, -0.15) is 0 Å². The Labute approximate surface area is 124 Å². The van der Waals surface area contributed by atoms with Crippen molar-refractivity contribution < 1.29 is 4.74 Å². The summed E-state index contributed by atoms with van der Waals surface area (Å²) in [5, 5.41) is 3.59. The molecule has 0 radical (unpaired) electrons. The Morgan fingerprint density at radius 1 is 1.10 bits per heavy atom. The van der Waals surface area contributed by atoms with Crippen molar-refractivity contribution >= 4 is 0 Å². The molecule has 0 heterocycles. The van der Waals surface area contributed by atoms with Crippen molar-refractivity contribution in [3.63, 3.8) is 0 Å². The predicted octanol–water partition coefficient (Wildman–Crippen LogP) is 4.05. The first kappa shape index (κ1) is 17.2. The minimum Gasteiger partial charge on any atom is -0.380 e. The molecule has 0 aliphatic carbocycles. The van der Waals surface area contributed by atoms with Gasteiger partial charge in [0.1, 0.15) is 0 Å². The van der Waals surface area contributed by atoms with Crippen molar-refractivity contribution in [3.05, 3.63) is 35.9 Å². The van der Waals surface area contributed by atoms with Gasteiger partial charge in [0.25, 0.3) is 0 Å². The van der Waals surface area contributed by atoms with E-state index in [1.165, 1.54) is 5.56 Å². The molecule has 0 aliphatic heterocycles. The van der Waals surface area contributed by atoms with Crippen molar-refractivity contribution in [2.45, 2.75) is 52.5 Å². The molecule has 2 heteroatoms. The van der Waals surface area contributed by atoms with Gasteiger partial charge in [0, 0.05) is 18.7 Å². The first-order chi connectivity index (χ1) is 9.49. The van der Waals surface area contributed by atoms with E-state index in [2.05, 4.69) is 63.3 Å². The van der Waals surface area contributed by atoms with Crippen LogP contribution in [0.2, 0.25) is 0 Å². The summed E-state index contributed by atoms with van der Waals surface area (Å²) in [6, 6.07) is 10.7. The van der Waals surface area contributed by atoms with Crippen LogP contribution in [0.1, 0.15) is 46.1 Å². The van der Waals surface area contributed by atoms with Gasteiger partial charge in [0.2, 0.25) is 0 Å². The monoisotopic (exact) mass is 277 g/mol. The third-order valence-corrected chi connectivity index (χ3v) is 3.57. The molecule has 0 amide bonds. The van der Waals surface area contributed by atoms with Crippen LogP contribution >= 0.6 is 0 Å². The summed E-state index contributed by atoms with van der Waals surface area (Å²) in [5.41, 5.74) is 1.58. The lowest BCUT2D eigenvalue weighted by molar-refractivity contribution is 0.119. The Bertz CT molecular complexity index is 346. The molecule has 1 N–H and O–H groups in total. The van der Waals surface area contributed by atoms with E-state index in [9.17, 15) is 0 Å². The number of ether oxygens (including phenoxy) is 1. The second-order valence-electron chi connectivity index (χ2n) is 6.59. The predicted molar refractivity (Wildman–Crippen MR) is 87.1 cm³/mol. The van der Waals surface area contributed by atoms with Crippen LogP contribution in [0.4, 0.5) is 0 Å². The Kier molecular flexibility index (Phi) is 7.86.